The van der Waals surface area contributed by atoms with Gasteiger partial charge in [0.1, 0.15) is 5.75 Å². The zero-order valence-corrected chi connectivity index (χ0v) is 9.35. The summed E-state index contributed by atoms with van der Waals surface area (Å²) in [5.41, 5.74) is 1.31. The van der Waals surface area contributed by atoms with Crippen molar-refractivity contribution >= 4 is 15.4 Å². The molecule has 0 aromatic heterocycles. The Labute approximate surface area is 70.8 Å². The molecule has 1 nitrogen and oxygen atoms in total. The number of hydrogen-bond acceptors (Lipinski definition) is 1. The molecule has 0 radical (unpaired) electrons. The second-order valence-corrected chi connectivity index (χ2v) is 3.71. The quantitative estimate of drug-likeness (QED) is 0.577. The Morgan fingerprint density at radius 2 is 2.18 bits per heavy atom. The molecule has 0 atom stereocenters. The van der Waals surface area contributed by atoms with Crippen molar-refractivity contribution in [3.8, 4) is 5.75 Å². The highest BCUT2D eigenvalue weighted by molar-refractivity contribution is 6.33. The lowest BCUT2D eigenvalue weighted by molar-refractivity contribution is 0.338. The van der Waals surface area contributed by atoms with Crippen molar-refractivity contribution in [1.82, 2.24) is 0 Å². The van der Waals surface area contributed by atoms with E-state index in [4.69, 9.17) is 4.74 Å². The third-order valence-corrected chi connectivity index (χ3v) is 2.94. The Hall–Kier alpha value is -0.763. The summed E-state index contributed by atoms with van der Waals surface area (Å²) < 4.78 is 5.44. The van der Waals surface area contributed by atoms with Crippen molar-refractivity contribution in [2.75, 3.05) is 6.61 Å². The van der Waals surface area contributed by atoms with E-state index in [2.05, 4.69) is 19.1 Å². The molecule has 0 unspecified atom stereocenters. The first-order chi connectivity index (χ1) is 5.25. The molecule has 60 valence electrons. The molecule has 0 saturated carbocycles. The van der Waals surface area contributed by atoms with Gasteiger partial charge in [-0.3, -0.25) is 0 Å². The summed E-state index contributed by atoms with van der Waals surface area (Å²) in [6.45, 7) is 4.89. The van der Waals surface area contributed by atoms with Crippen LogP contribution in [0.4, 0.5) is 0 Å². The molecule has 0 spiro atoms. The Kier molecular flexibility index (Phi) is 2.71. The maximum atomic E-state index is 5.44. The van der Waals surface area contributed by atoms with Gasteiger partial charge in [0.25, 0.3) is 0 Å². The van der Waals surface area contributed by atoms with Crippen molar-refractivity contribution in [3.05, 3.63) is 23.8 Å². The van der Waals surface area contributed by atoms with Gasteiger partial charge in [0.05, 0.1) is 6.61 Å². The maximum Gasteiger partial charge on any atom is 0.122 e. The molecule has 0 aliphatic rings. The molecule has 0 amide bonds. The SMILES string of the molecule is CCOc1cccc([SiH3])c1C. The summed E-state index contributed by atoms with van der Waals surface area (Å²) in [6.07, 6.45) is 0. The van der Waals surface area contributed by atoms with E-state index in [1.807, 2.05) is 13.0 Å². The molecular formula is C9H14OSi. The van der Waals surface area contributed by atoms with Crippen LogP contribution in [0.3, 0.4) is 0 Å². The molecule has 2 heteroatoms. The minimum Gasteiger partial charge on any atom is -0.494 e. The van der Waals surface area contributed by atoms with Crippen LogP contribution in [0, 0.1) is 6.92 Å². The summed E-state index contributed by atoms with van der Waals surface area (Å²) in [5, 5.41) is 1.43. The maximum absolute atomic E-state index is 5.44. The lowest BCUT2D eigenvalue weighted by atomic mass is 10.2. The zero-order chi connectivity index (χ0) is 8.27. The van der Waals surface area contributed by atoms with Gasteiger partial charge in [0, 0.05) is 10.2 Å². The molecular weight excluding hydrogens is 152 g/mol. The molecule has 0 heterocycles. The molecule has 0 aliphatic carbocycles. The summed E-state index contributed by atoms with van der Waals surface area (Å²) in [7, 11) is 1.10. The van der Waals surface area contributed by atoms with Crippen LogP contribution < -0.4 is 9.92 Å². The predicted molar refractivity (Wildman–Crippen MR) is 51.9 cm³/mol. The van der Waals surface area contributed by atoms with Gasteiger partial charge in [0.15, 0.2) is 0 Å². The molecule has 0 bridgehead atoms. The van der Waals surface area contributed by atoms with Crippen molar-refractivity contribution < 1.29 is 4.74 Å². The highest BCUT2D eigenvalue weighted by Gasteiger charge is 1.98. The van der Waals surface area contributed by atoms with Gasteiger partial charge in [-0.25, -0.2) is 0 Å². The minimum absolute atomic E-state index is 0.756. The molecule has 1 aromatic carbocycles. The first kappa shape index (κ1) is 8.33. The molecule has 1 rings (SSSR count). The number of benzene rings is 1. The van der Waals surface area contributed by atoms with Crippen LogP contribution >= 0.6 is 0 Å². The van der Waals surface area contributed by atoms with Gasteiger partial charge in [0.2, 0.25) is 0 Å². The van der Waals surface area contributed by atoms with E-state index in [1.165, 1.54) is 10.8 Å². The van der Waals surface area contributed by atoms with E-state index in [-0.39, 0.29) is 0 Å². The van der Waals surface area contributed by atoms with Gasteiger partial charge in [-0.05, 0) is 25.5 Å². The Morgan fingerprint density at radius 1 is 1.45 bits per heavy atom. The smallest absolute Gasteiger partial charge is 0.122 e. The Balaban J connectivity index is 2.96. The van der Waals surface area contributed by atoms with E-state index < -0.39 is 0 Å². The fourth-order valence-electron chi connectivity index (χ4n) is 1.04. The highest BCUT2D eigenvalue weighted by Crippen LogP contribution is 2.13. The summed E-state index contributed by atoms with van der Waals surface area (Å²) in [5.74, 6) is 1.04. The fraction of sp³-hybridized carbons (Fsp3) is 0.333. The zero-order valence-electron chi connectivity index (χ0n) is 7.35. The van der Waals surface area contributed by atoms with Crippen molar-refractivity contribution in [2.24, 2.45) is 0 Å². The summed E-state index contributed by atoms with van der Waals surface area (Å²) in [4.78, 5) is 0. The van der Waals surface area contributed by atoms with Crippen LogP contribution in [0.1, 0.15) is 12.5 Å². The predicted octanol–water partition coefficient (Wildman–Crippen LogP) is 0.384. The molecule has 1 aromatic rings. The molecule has 0 saturated heterocycles. The van der Waals surface area contributed by atoms with Gasteiger partial charge in [-0.1, -0.05) is 17.3 Å². The summed E-state index contributed by atoms with van der Waals surface area (Å²) >= 11 is 0. The monoisotopic (exact) mass is 166 g/mol. The average Bonchev–Trinajstić information content (AvgIpc) is 1.99. The lowest BCUT2D eigenvalue weighted by Crippen LogP contribution is -2.08. The average molecular weight is 166 g/mol. The lowest BCUT2D eigenvalue weighted by Gasteiger charge is -2.08. The molecule has 11 heavy (non-hydrogen) atoms. The van der Waals surface area contributed by atoms with E-state index in [9.17, 15) is 0 Å². The van der Waals surface area contributed by atoms with Crippen molar-refractivity contribution in [3.63, 3.8) is 0 Å². The van der Waals surface area contributed by atoms with Crippen LogP contribution in [0.15, 0.2) is 18.2 Å². The third kappa shape index (κ3) is 1.83. The first-order valence-electron chi connectivity index (χ1n) is 3.94. The third-order valence-electron chi connectivity index (χ3n) is 1.85. The van der Waals surface area contributed by atoms with Crippen LogP contribution in [0.5, 0.6) is 5.75 Å². The standard InChI is InChI=1S/C9H14OSi/c1-3-10-8-5-4-6-9(11)7(8)2/h4-6H,3H2,1-2,11H3. The van der Waals surface area contributed by atoms with Gasteiger partial charge >= 0.3 is 0 Å². The molecule has 0 N–H and O–H groups in total. The number of ether oxygens (including phenoxy) is 1. The number of hydrogen-bond donors (Lipinski definition) is 0. The fourth-order valence-corrected chi connectivity index (χ4v) is 1.47. The second kappa shape index (κ2) is 3.58. The van der Waals surface area contributed by atoms with E-state index >= 15 is 0 Å². The van der Waals surface area contributed by atoms with Crippen molar-refractivity contribution in [2.45, 2.75) is 13.8 Å². The summed E-state index contributed by atoms with van der Waals surface area (Å²) in [6, 6.07) is 6.24. The normalized spacial score (nSPS) is 10.0. The van der Waals surface area contributed by atoms with Gasteiger partial charge in [-0.15, -0.1) is 0 Å². The highest BCUT2D eigenvalue weighted by atomic mass is 28.1. The van der Waals surface area contributed by atoms with E-state index in [1.54, 1.807) is 0 Å². The van der Waals surface area contributed by atoms with E-state index in [0.717, 1.165) is 22.6 Å². The topological polar surface area (TPSA) is 9.23 Å². The van der Waals surface area contributed by atoms with Crippen molar-refractivity contribution in [1.29, 1.82) is 0 Å². The minimum atomic E-state index is 0.756. The van der Waals surface area contributed by atoms with Gasteiger partial charge in [-0.2, -0.15) is 0 Å². The molecule has 0 aliphatic heterocycles. The van der Waals surface area contributed by atoms with Crippen LogP contribution in [-0.2, 0) is 0 Å². The first-order valence-corrected chi connectivity index (χ1v) is 4.94. The van der Waals surface area contributed by atoms with Gasteiger partial charge < -0.3 is 4.74 Å². The van der Waals surface area contributed by atoms with E-state index in [0.29, 0.717) is 0 Å². The van der Waals surface area contributed by atoms with Crippen LogP contribution in [0.25, 0.3) is 0 Å². The second-order valence-electron chi connectivity index (χ2n) is 2.63. The van der Waals surface area contributed by atoms with Crippen LogP contribution in [0.2, 0.25) is 0 Å². The molecule has 0 fully saturated rings. The Bertz CT molecular complexity index is 245. The number of rotatable bonds is 2. The van der Waals surface area contributed by atoms with Crippen LogP contribution in [-0.4, -0.2) is 16.8 Å². The largest absolute Gasteiger partial charge is 0.494 e. The Morgan fingerprint density at radius 3 is 2.82 bits per heavy atom.